The zero-order valence-electron chi connectivity index (χ0n) is 51.1. The van der Waals surface area contributed by atoms with Crippen molar-refractivity contribution in [2.45, 2.75) is 108 Å². The summed E-state index contributed by atoms with van der Waals surface area (Å²) in [5.41, 5.74) is 21.5. The summed E-state index contributed by atoms with van der Waals surface area (Å²) < 4.78 is 15.1. The molecule has 1 aliphatic rings. The van der Waals surface area contributed by atoms with Crippen molar-refractivity contribution in [3.63, 3.8) is 0 Å². The van der Waals surface area contributed by atoms with Crippen LogP contribution in [0.15, 0.2) is 255 Å². The number of furan rings is 2. The molecule has 1 atom stereocenters. The van der Waals surface area contributed by atoms with Gasteiger partial charge in [-0.25, -0.2) is 0 Å². The summed E-state index contributed by atoms with van der Waals surface area (Å²) >= 11 is 1.81. The van der Waals surface area contributed by atoms with Crippen LogP contribution in [0.3, 0.4) is 0 Å². The summed E-state index contributed by atoms with van der Waals surface area (Å²) in [6, 6.07) is 87.9. The molecule has 4 nitrogen and oxygen atoms in total. The molecule has 1 aliphatic carbocycles. The van der Waals surface area contributed by atoms with Crippen LogP contribution >= 0.6 is 11.8 Å². The van der Waals surface area contributed by atoms with E-state index in [4.69, 9.17) is 8.83 Å². The van der Waals surface area contributed by atoms with E-state index in [1.807, 2.05) is 0 Å². The normalized spacial score (nSPS) is 14.3. The van der Waals surface area contributed by atoms with Gasteiger partial charge >= 0.3 is 0 Å². The molecule has 1 unspecified atom stereocenters. The zero-order valence-corrected chi connectivity index (χ0v) is 52.0. The van der Waals surface area contributed by atoms with E-state index in [1.54, 1.807) is 11.8 Å². The van der Waals surface area contributed by atoms with Gasteiger partial charge in [0.25, 0.3) is 0 Å². The molecule has 0 radical (unpaired) electrons. The fourth-order valence-corrected chi connectivity index (χ4v) is 14.2. The Bertz CT molecular complexity index is 4710. The van der Waals surface area contributed by atoms with Gasteiger partial charge in [0.1, 0.15) is 16.7 Å². The van der Waals surface area contributed by atoms with Gasteiger partial charge in [-0.2, -0.15) is 0 Å². The molecule has 0 N–H and O–H groups in total. The fraction of sp³-hybridized carbons (Fsp3) is 0.185. The van der Waals surface area contributed by atoms with Crippen molar-refractivity contribution in [3.8, 4) is 11.1 Å². The van der Waals surface area contributed by atoms with E-state index in [0.717, 1.165) is 106 Å². The molecule has 0 saturated carbocycles. The Balaban J connectivity index is 1.16. The first-order chi connectivity index (χ1) is 41.4. The second kappa shape index (κ2) is 20.6. The van der Waals surface area contributed by atoms with Crippen LogP contribution in [-0.2, 0) is 21.7 Å². The SMILES string of the molecule is Cc1ccc(C)c(C2(c3ccc(Sc4ccc(C(C)(C)C)cc4)cc3)c3cc(N(c4ccccc4)c4ccc(C(C)(C)C)cc4)c4c(oc5ccccc54)c3-c3c2cc(N(c2ccccc2)c2ccc(C(C)(C)C)cc2)c2oc4ccccc4c32)c1. The first-order valence-corrected chi connectivity index (χ1v) is 31.0. The Morgan fingerprint density at radius 2 is 0.779 bits per heavy atom. The van der Waals surface area contributed by atoms with E-state index in [2.05, 4.69) is 323 Å². The van der Waals surface area contributed by atoms with Crippen molar-refractivity contribution >= 4 is 89.8 Å². The van der Waals surface area contributed by atoms with Gasteiger partial charge in [-0.3, -0.25) is 0 Å². The molecule has 0 amide bonds. The smallest absolute Gasteiger partial charge is 0.160 e. The lowest BCUT2D eigenvalue weighted by atomic mass is 9.66. The second-order valence-corrected chi connectivity index (χ2v) is 27.8. The van der Waals surface area contributed by atoms with Crippen molar-refractivity contribution in [2.75, 3.05) is 9.80 Å². The van der Waals surface area contributed by atoms with E-state index in [0.29, 0.717) is 0 Å². The maximum absolute atomic E-state index is 7.63. The molecule has 11 aromatic carbocycles. The van der Waals surface area contributed by atoms with Gasteiger partial charge in [0, 0.05) is 59.8 Å². The molecule has 13 aromatic rings. The monoisotopic (exact) mass is 1140 g/mol. The third kappa shape index (κ3) is 9.13. The van der Waals surface area contributed by atoms with E-state index in [-0.39, 0.29) is 16.2 Å². The molecule has 5 heteroatoms. The fourth-order valence-electron chi connectivity index (χ4n) is 13.4. The number of fused-ring (bicyclic) bond motifs is 11. The molecule has 0 aliphatic heterocycles. The molecule has 0 saturated heterocycles. The molecule has 0 spiro atoms. The van der Waals surface area contributed by atoms with Gasteiger partial charge in [0.05, 0.1) is 22.2 Å². The van der Waals surface area contributed by atoms with Crippen LogP contribution in [0.5, 0.6) is 0 Å². The van der Waals surface area contributed by atoms with Crippen molar-refractivity contribution < 1.29 is 8.83 Å². The van der Waals surface area contributed by atoms with Crippen LogP contribution in [0.4, 0.5) is 34.1 Å². The summed E-state index contributed by atoms with van der Waals surface area (Å²) in [5.74, 6) is 0. The van der Waals surface area contributed by atoms with Crippen LogP contribution in [0.1, 0.15) is 112 Å². The number of hydrogen-bond donors (Lipinski definition) is 0. The average molecular weight is 1140 g/mol. The largest absolute Gasteiger partial charge is 0.455 e. The summed E-state index contributed by atoms with van der Waals surface area (Å²) in [4.78, 5) is 7.25. The van der Waals surface area contributed by atoms with Crippen molar-refractivity contribution in [2.24, 2.45) is 0 Å². The van der Waals surface area contributed by atoms with Gasteiger partial charge in [-0.1, -0.05) is 219 Å². The van der Waals surface area contributed by atoms with Crippen LogP contribution in [0, 0.1) is 13.8 Å². The number of aryl methyl sites for hydroxylation is 2. The van der Waals surface area contributed by atoms with Gasteiger partial charge in [-0.05, 0) is 172 Å². The second-order valence-electron chi connectivity index (χ2n) is 26.6. The highest BCUT2D eigenvalue weighted by Gasteiger charge is 2.51. The van der Waals surface area contributed by atoms with Gasteiger partial charge in [-0.15, -0.1) is 0 Å². The summed E-state index contributed by atoms with van der Waals surface area (Å²) in [6.07, 6.45) is 0. The summed E-state index contributed by atoms with van der Waals surface area (Å²) in [6.45, 7) is 25.0. The first kappa shape index (κ1) is 54.9. The van der Waals surface area contributed by atoms with Gasteiger partial charge < -0.3 is 18.6 Å². The predicted octanol–water partition coefficient (Wildman–Crippen LogP) is 23.4. The summed E-state index contributed by atoms with van der Waals surface area (Å²) in [5, 5.41) is 4.19. The molecular formula is C81H72N2O2S. The first-order valence-electron chi connectivity index (χ1n) is 30.2. The average Bonchev–Trinajstić information content (AvgIpc) is 1.49. The van der Waals surface area contributed by atoms with E-state index in [9.17, 15) is 0 Å². The highest BCUT2D eigenvalue weighted by Crippen LogP contribution is 2.65. The molecule has 2 aromatic heterocycles. The van der Waals surface area contributed by atoms with Crippen molar-refractivity contribution in [3.05, 3.63) is 287 Å². The van der Waals surface area contributed by atoms with E-state index < -0.39 is 5.41 Å². The molecular weight excluding hydrogens is 1060 g/mol. The maximum Gasteiger partial charge on any atom is 0.160 e. The minimum absolute atomic E-state index is 0.0346. The highest BCUT2D eigenvalue weighted by atomic mass is 32.2. The number of rotatable bonds is 10. The van der Waals surface area contributed by atoms with Crippen LogP contribution in [-0.4, -0.2) is 0 Å². The molecule has 86 heavy (non-hydrogen) atoms. The Hall–Kier alpha value is -9.03. The number of anilines is 6. The van der Waals surface area contributed by atoms with Crippen LogP contribution < -0.4 is 9.80 Å². The number of nitrogens with zero attached hydrogens (tertiary/aromatic N) is 2. The van der Waals surface area contributed by atoms with Gasteiger partial charge in [0.15, 0.2) is 5.58 Å². The Labute approximate surface area is 510 Å². The molecule has 14 rings (SSSR count). The van der Waals surface area contributed by atoms with Crippen molar-refractivity contribution in [1.82, 2.24) is 0 Å². The molecule has 424 valence electrons. The van der Waals surface area contributed by atoms with Gasteiger partial charge in [0.2, 0.25) is 0 Å². The van der Waals surface area contributed by atoms with Crippen LogP contribution in [0.25, 0.3) is 55.0 Å². The Morgan fingerprint density at radius 3 is 1.30 bits per heavy atom. The lowest BCUT2D eigenvalue weighted by molar-refractivity contribution is 0.589. The molecule has 0 bridgehead atoms. The lowest BCUT2D eigenvalue weighted by Crippen LogP contribution is -2.30. The number of benzene rings is 11. The third-order valence-electron chi connectivity index (χ3n) is 17.8. The minimum atomic E-state index is -0.946. The number of hydrogen-bond acceptors (Lipinski definition) is 5. The molecule has 0 fully saturated rings. The molecule has 2 heterocycles. The topological polar surface area (TPSA) is 32.8 Å². The van der Waals surface area contributed by atoms with E-state index in [1.165, 1.54) is 43.2 Å². The van der Waals surface area contributed by atoms with Crippen LogP contribution in [0.2, 0.25) is 0 Å². The highest BCUT2D eigenvalue weighted by molar-refractivity contribution is 7.99. The quantitative estimate of drug-likeness (QED) is 0.136. The standard InChI is InChI=1S/C81H72N2O2S/c1-51-30-31-52(2)65(48-51)81(56-38-46-62(47-39-56)86-61-44-36-55(37-45-61)80(9,10)11)66-50-69(83(58-24-16-13-17-25-58)60-42-34-54(35-43-60)79(6,7)8)76-73(64-27-19-21-29-71(64)84-76)74(66)75-67(81)49-68(72-63-26-18-20-28-70(63)85-77(72)75)82(57-22-14-12-15-23-57)59-40-32-53(33-41-59)78(3,4)5/h12-50H,1-11H3. The lowest BCUT2D eigenvalue weighted by Gasteiger charge is -2.37. The summed E-state index contributed by atoms with van der Waals surface area (Å²) in [7, 11) is 0. The Kier molecular flexibility index (Phi) is 13.1. The zero-order chi connectivity index (χ0) is 59.4. The maximum atomic E-state index is 7.63. The Morgan fingerprint density at radius 1 is 0.360 bits per heavy atom. The minimum Gasteiger partial charge on any atom is -0.455 e. The number of para-hydroxylation sites is 4. The van der Waals surface area contributed by atoms with E-state index >= 15 is 0 Å². The third-order valence-corrected chi connectivity index (χ3v) is 18.9. The predicted molar refractivity (Wildman–Crippen MR) is 364 cm³/mol. The van der Waals surface area contributed by atoms with Crippen molar-refractivity contribution in [1.29, 1.82) is 0 Å².